The summed E-state index contributed by atoms with van der Waals surface area (Å²) in [6.45, 7) is 1.36. The Kier molecular flexibility index (Phi) is 5.18. The summed E-state index contributed by atoms with van der Waals surface area (Å²) in [5, 5.41) is 0. The van der Waals surface area contributed by atoms with Gasteiger partial charge in [0, 0.05) is 17.6 Å². The highest BCUT2D eigenvalue weighted by Gasteiger charge is 2.15. The van der Waals surface area contributed by atoms with Crippen LogP contribution in [-0.2, 0) is 9.53 Å². The van der Waals surface area contributed by atoms with Crippen molar-refractivity contribution in [2.75, 3.05) is 5.75 Å². The van der Waals surface area contributed by atoms with Crippen LogP contribution in [0.3, 0.4) is 0 Å². The van der Waals surface area contributed by atoms with E-state index in [9.17, 15) is 9.18 Å². The molecule has 104 valence electrons. The number of esters is 1. The molecule has 0 bridgehead atoms. The molecule has 0 radical (unpaired) electrons. The molecule has 0 aliphatic carbocycles. The van der Waals surface area contributed by atoms with Crippen molar-refractivity contribution < 1.29 is 13.9 Å². The summed E-state index contributed by atoms with van der Waals surface area (Å²) in [7, 11) is 0. The van der Waals surface area contributed by atoms with E-state index in [1.807, 2.05) is 30.3 Å². The van der Waals surface area contributed by atoms with Crippen molar-refractivity contribution in [3.63, 3.8) is 0 Å². The fraction of sp³-hybridized carbons (Fsp3) is 0.188. The minimum Gasteiger partial charge on any atom is -0.457 e. The number of hydrogen-bond donors (Lipinski definition) is 0. The molecule has 0 saturated heterocycles. The quantitative estimate of drug-likeness (QED) is 0.609. The van der Waals surface area contributed by atoms with Crippen LogP contribution in [0.15, 0.2) is 59.5 Å². The van der Waals surface area contributed by atoms with Gasteiger partial charge in [0.25, 0.3) is 0 Å². The number of carbonyl (C=O) groups excluding carboxylic acids is 1. The van der Waals surface area contributed by atoms with Crippen LogP contribution < -0.4 is 0 Å². The van der Waals surface area contributed by atoms with Crippen molar-refractivity contribution in [1.29, 1.82) is 0 Å². The number of hydrogen-bond acceptors (Lipinski definition) is 3. The molecule has 4 heteroatoms. The van der Waals surface area contributed by atoms with Gasteiger partial charge >= 0.3 is 5.97 Å². The van der Waals surface area contributed by atoms with Gasteiger partial charge in [0.2, 0.25) is 0 Å². The van der Waals surface area contributed by atoms with Gasteiger partial charge in [-0.15, -0.1) is 11.8 Å². The Morgan fingerprint density at radius 1 is 1.20 bits per heavy atom. The molecule has 2 rings (SSSR count). The van der Waals surface area contributed by atoms with Crippen LogP contribution in [-0.4, -0.2) is 11.7 Å². The molecule has 2 aromatic carbocycles. The van der Waals surface area contributed by atoms with Gasteiger partial charge in [-0.05, 0) is 29.8 Å². The van der Waals surface area contributed by atoms with E-state index in [4.69, 9.17) is 4.74 Å². The third-order valence-corrected chi connectivity index (χ3v) is 3.75. The Morgan fingerprint density at radius 3 is 2.60 bits per heavy atom. The van der Waals surface area contributed by atoms with Crippen LogP contribution in [0.2, 0.25) is 0 Å². The average molecular weight is 290 g/mol. The zero-order valence-corrected chi connectivity index (χ0v) is 11.9. The van der Waals surface area contributed by atoms with E-state index in [1.165, 1.54) is 19.1 Å². The highest BCUT2D eigenvalue weighted by atomic mass is 32.2. The minimum absolute atomic E-state index is 0.329. The number of thioether (sulfide) groups is 1. The van der Waals surface area contributed by atoms with Gasteiger partial charge < -0.3 is 4.74 Å². The van der Waals surface area contributed by atoms with Crippen molar-refractivity contribution in [1.82, 2.24) is 0 Å². The molecule has 2 aromatic rings. The second-order valence-electron chi connectivity index (χ2n) is 4.28. The zero-order chi connectivity index (χ0) is 14.4. The Bertz CT molecular complexity index is 572. The maximum Gasteiger partial charge on any atom is 0.303 e. The molecule has 0 aliphatic rings. The van der Waals surface area contributed by atoms with Crippen LogP contribution in [0.1, 0.15) is 18.6 Å². The van der Waals surface area contributed by atoms with Crippen molar-refractivity contribution in [2.45, 2.75) is 17.9 Å². The first-order valence-electron chi connectivity index (χ1n) is 6.25. The van der Waals surface area contributed by atoms with E-state index >= 15 is 0 Å². The lowest BCUT2D eigenvalue weighted by atomic mass is 10.1. The second-order valence-corrected chi connectivity index (χ2v) is 5.37. The summed E-state index contributed by atoms with van der Waals surface area (Å²) in [5.74, 6) is -0.148. The lowest BCUT2D eigenvalue weighted by Gasteiger charge is -2.17. The molecule has 0 saturated carbocycles. The number of carbonyl (C=O) groups is 1. The van der Waals surface area contributed by atoms with E-state index in [-0.39, 0.29) is 11.8 Å². The molecular weight excluding hydrogens is 275 g/mol. The van der Waals surface area contributed by atoms with Crippen molar-refractivity contribution >= 4 is 17.7 Å². The molecule has 1 atom stereocenters. The first kappa shape index (κ1) is 14.6. The van der Waals surface area contributed by atoms with Gasteiger partial charge in [-0.1, -0.05) is 30.3 Å². The molecule has 0 aromatic heterocycles. The first-order valence-corrected chi connectivity index (χ1v) is 7.24. The van der Waals surface area contributed by atoms with Gasteiger partial charge in [-0.3, -0.25) is 4.79 Å². The first-order chi connectivity index (χ1) is 9.65. The predicted molar refractivity (Wildman–Crippen MR) is 78.1 cm³/mol. The van der Waals surface area contributed by atoms with Crippen LogP contribution in [0.4, 0.5) is 4.39 Å². The van der Waals surface area contributed by atoms with Gasteiger partial charge in [0.05, 0.1) is 0 Å². The SMILES string of the molecule is CC(=O)OC(CSc1ccccc1)c1cccc(F)c1. The maximum absolute atomic E-state index is 13.3. The van der Waals surface area contributed by atoms with Crippen LogP contribution >= 0.6 is 11.8 Å². The molecule has 20 heavy (non-hydrogen) atoms. The molecule has 0 N–H and O–H groups in total. The molecule has 1 unspecified atom stereocenters. The summed E-state index contributed by atoms with van der Waals surface area (Å²) in [5.41, 5.74) is 0.670. The van der Waals surface area contributed by atoms with Crippen LogP contribution in [0, 0.1) is 5.82 Å². The number of ether oxygens (including phenoxy) is 1. The third-order valence-electron chi connectivity index (χ3n) is 2.67. The Morgan fingerprint density at radius 2 is 1.95 bits per heavy atom. The highest BCUT2D eigenvalue weighted by Crippen LogP contribution is 2.27. The Hall–Kier alpha value is -1.81. The lowest BCUT2D eigenvalue weighted by molar-refractivity contribution is -0.145. The van der Waals surface area contributed by atoms with E-state index in [0.29, 0.717) is 11.3 Å². The summed E-state index contributed by atoms with van der Waals surface area (Å²) < 4.78 is 18.6. The standard InChI is InChI=1S/C16H15FO2S/c1-12(18)19-16(13-6-5-7-14(17)10-13)11-20-15-8-3-2-4-9-15/h2-10,16H,11H2,1H3. The Balaban J connectivity index is 2.09. The topological polar surface area (TPSA) is 26.3 Å². The van der Waals surface area contributed by atoms with Crippen LogP contribution in [0.25, 0.3) is 0 Å². The minimum atomic E-state index is -0.451. The van der Waals surface area contributed by atoms with Crippen molar-refractivity contribution in [3.05, 3.63) is 66.0 Å². The number of halogens is 1. The molecular formula is C16H15FO2S. The second kappa shape index (κ2) is 7.10. The van der Waals surface area contributed by atoms with Crippen molar-refractivity contribution in [2.24, 2.45) is 0 Å². The molecule has 0 aliphatic heterocycles. The van der Waals surface area contributed by atoms with Gasteiger partial charge in [-0.25, -0.2) is 4.39 Å². The molecule has 0 amide bonds. The summed E-state index contributed by atoms with van der Waals surface area (Å²) >= 11 is 1.57. The third kappa shape index (κ3) is 4.38. The molecule has 0 heterocycles. The fourth-order valence-corrected chi connectivity index (χ4v) is 2.75. The molecule has 2 nitrogen and oxygen atoms in total. The smallest absolute Gasteiger partial charge is 0.303 e. The van der Waals surface area contributed by atoms with E-state index < -0.39 is 6.10 Å². The lowest BCUT2D eigenvalue weighted by Crippen LogP contribution is -2.11. The summed E-state index contributed by atoms with van der Waals surface area (Å²) in [6, 6.07) is 16.0. The molecule has 0 fully saturated rings. The van der Waals surface area contributed by atoms with E-state index in [0.717, 1.165) is 4.90 Å². The van der Waals surface area contributed by atoms with E-state index in [1.54, 1.807) is 23.9 Å². The number of benzene rings is 2. The molecule has 0 spiro atoms. The van der Waals surface area contributed by atoms with Gasteiger partial charge in [-0.2, -0.15) is 0 Å². The predicted octanol–water partition coefficient (Wildman–Crippen LogP) is 4.22. The van der Waals surface area contributed by atoms with Gasteiger partial charge in [0.15, 0.2) is 0 Å². The summed E-state index contributed by atoms with van der Waals surface area (Å²) in [4.78, 5) is 12.3. The largest absolute Gasteiger partial charge is 0.457 e. The monoisotopic (exact) mass is 290 g/mol. The Labute approximate surface area is 122 Å². The van der Waals surface area contributed by atoms with Crippen molar-refractivity contribution in [3.8, 4) is 0 Å². The zero-order valence-electron chi connectivity index (χ0n) is 11.1. The maximum atomic E-state index is 13.3. The van der Waals surface area contributed by atoms with Gasteiger partial charge in [0.1, 0.15) is 11.9 Å². The number of rotatable bonds is 5. The van der Waals surface area contributed by atoms with Crippen LogP contribution in [0.5, 0.6) is 0 Å². The summed E-state index contributed by atoms with van der Waals surface area (Å²) in [6.07, 6.45) is -0.451. The fourth-order valence-electron chi connectivity index (χ4n) is 1.79. The average Bonchev–Trinajstić information content (AvgIpc) is 2.44. The normalized spacial score (nSPS) is 11.9. The van der Waals surface area contributed by atoms with E-state index in [2.05, 4.69) is 0 Å². The highest BCUT2D eigenvalue weighted by molar-refractivity contribution is 7.99.